The maximum absolute atomic E-state index is 12.7. The van der Waals surface area contributed by atoms with Crippen LogP contribution < -0.4 is 15.4 Å². The largest absolute Gasteiger partial charge is 0.489 e. The molecule has 3 heterocycles. The molecule has 0 aliphatic rings. The van der Waals surface area contributed by atoms with E-state index in [-0.39, 0.29) is 11.8 Å². The van der Waals surface area contributed by atoms with Crippen LogP contribution in [0.1, 0.15) is 40.1 Å². The average molecular weight is 467 g/mol. The lowest BCUT2D eigenvalue weighted by molar-refractivity contribution is -0.119. The van der Waals surface area contributed by atoms with Crippen molar-refractivity contribution >= 4 is 28.3 Å². The fraction of sp³-hybridized carbons (Fsp3) is 0.217. The quantitative estimate of drug-likeness (QED) is 0.393. The zero-order chi connectivity index (χ0) is 23.4. The lowest BCUT2D eigenvalue weighted by atomic mass is 10.2. The molecule has 0 fully saturated rings. The molecule has 0 atom stereocenters. The van der Waals surface area contributed by atoms with Crippen molar-refractivity contribution in [3.8, 4) is 17.2 Å². The van der Waals surface area contributed by atoms with Crippen LogP contribution in [-0.4, -0.2) is 22.0 Å². The molecule has 2 amide bonds. The van der Waals surface area contributed by atoms with Crippen molar-refractivity contribution in [3.63, 3.8) is 0 Å². The zero-order valence-electron chi connectivity index (χ0n) is 18.3. The summed E-state index contributed by atoms with van der Waals surface area (Å²) in [7, 11) is 0. The number of hydrogen-bond donors (Lipinski definition) is 2. The minimum Gasteiger partial charge on any atom is -0.489 e. The van der Waals surface area contributed by atoms with Gasteiger partial charge in [0.2, 0.25) is 5.91 Å². The SMILES string of the molecule is CC(=O)NCc1ccc(-c2csc(NC(=O)c3cccc(OCc4c(C)noc4C)c3)n2)o1. The lowest BCUT2D eigenvalue weighted by Crippen LogP contribution is -2.18. The average Bonchev–Trinajstić information content (AvgIpc) is 3.52. The Bertz CT molecular complexity index is 1270. The van der Waals surface area contributed by atoms with Gasteiger partial charge in [0.05, 0.1) is 17.8 Å². The molecule has 0 radical (unpaired) electrons. The van der Waals surface area contributed by atoms with Crippen LogP contribution in [0.5, 0.6) is 5.75 Å². The highest BCUT2D eigenvalue weighted by Gasteiger charge is 2.14. The van der Waals surface area contributed by atoms with E-state index < -0.39 is 0 Å². The van der Waals surface area contributed by atoms with E-state index in [0.29, 0.717) is 52.6 Å². The first kappa shape index (κ1) is 22.3. The first-order chi connectivity index (χ1) is 15.9. The summed E-state index contributed by atoms with van der Waals surface area (Å²) >= 11 is 1.29. The number of nitrogens with zero attached hydrogens (tertiary/aromatic N) is 2. The van der Waals surface area contributed by atoms with Gasteiger partial charge in [0, 0.05) is 17.9 Å². The number of furan rings is 1. The Hall–Kier alpha value is -3.92. The molecule has 0 bridgehead atoms. The van der Waals surface area contributed by atoms with Crippen molar-refractivity contribution in [2.75, 3.05) is 5.32 Å². The molecule has 0 aliphatic carbocycles. The van der Waals surface area contributed by atoms with Crippen LogP contribution in [0.3, 0.4) is 0 Å². The Labute approximate surface area is 193 Å². The normalized spacial score (nSPS) is 10.8. The van der Waals surface area contributed by atoms with Crippen LogP contribution in [0.2, 0.25) is 0 Å². The minimum atomic E-state index is -0.301. The molecular weight excluding hydrogens is 444 g/mol. The van der Waals surface area contributed by atoms with E-state index in [4.69, 9.17) is 13.7 Å². The number of carbonyl (C=O) groups excluding carboxylic acids is 2. The van der Waals surface area contributed by atoms with Crippen LogP contribution in [0.15, 0.2) is 50.7 Å². The van der Waals surface area contributed by atoms with Gasteiger partial charge in [-0.25, -0.2) is 4.98 Å². The molecule has 0 saturated heterocycles. The van der Waals surface area contributed by atoms with E-state index in [1.807, 2.05) is 13.8 Å². The number of anilines is 1. The highest BCUT2D eigenvalue weighted by Crippen LogP contribution is 2.27. The Kier molecular flexibility index (Phi) is 6.55. The minimum absolute atomic E-state index is 0.134. The van der Waals surface area contributed by atoms with E-state index in [2.05, 4.69) is 20.8 Å². The Morgan fingerprint density at radius 2 is 2.03 bits per heavy atom. The van der Waals surface area contributed by atoms with Crippen molar-refractivity contribution in [1.29, 1.82) is 0 Å². The topological polar surface area (TPSA) is 119 Å². The molecule has 2 N–H and O–H groups in total. The second-order valence-electron chi connectivity index (χ2n) is 7.29. The van der Waals surface area contributed by atoms with Gasteiger partial charge in [-0.1, -0.05) is 11.2 Å². The lowest BCUT2D eigenvalue weighted by Gasteiger charge is -2.08. The summed E-state index contributed by atoms with van der Waals surface area (Å²) in [5.41, 5.74) is 2.71. The summed E-state index contributed by atoms with van der Waals surface area (Å²) in [6, 6.07) is 10.5. The monoisotopic (exact) mass is 466 g/mol. The second-order valence-corrected chi connectivity index (χ2v) is 8.15. The fourth-order valence-electron chi connectivity index (χ4n) is 3.03. The number of thiazole rings is 1. The smallest absolute Gasteiger partial charge is 0.257 e. The molecule has 0 spiro atoms. The predicted octanol–water partition coefficient (Wildman–Crippen LogP) is 4.48. The fourth-order valence-corrected chi connectivity index (χ4v) is 3.72. The van der Waals surface area contributed by atoms with E-state index in [1.54, 1.807) is 41.8 Å². The molecule has 4 rings (SSSR count). The van der Waals surface area contributed by atoms with Gasteiger partial charge in [0.25, 0.3) is 5.91 Å². The van der Waals surface area contributed by atoms with Crippen LogP contribution in [-0.2, 0) is 17.9 Å². The van der Waals surface area contributed by atoms with Crippen LogP contribution >= 0.6 is 11.3 Å². The summed E-state index contributed by atoms with van der Waals surface area (Å²) in [4.78, 5) is 28.2. The molecule has 0 unspecified atom stereocenters. The molecule has 4 aromatic rings. The van der Waals surface area contributed by atoms with Gasteiger partial charge >= 0.3 is 0 Å². The van der Waals surface area contributed by atoms with Gasteiger partial charge in [-0.3, -0.25) is 14.9 Å². The highest BCUT2D eigenvalue weighted by molar-refractivity contribution is 7.14. The first-order valence-electron chi connectivity index (χ1n) is 10.1. The van der Waals surface area contributed by atoms with Crippen LogP contribution in [0.25, 0.3) is 11.5 Å². The van der Waals surface area contributed by atoms with Crippen molar-refractivity contribution in [2.24, 2.45) is 0 Å². The van der Waals surface area contributed by atoms with Crippen molar-refractivity contribution in [1.82, 2.24) is 15.5 Å². The van der Waals surface area contributed by atoms with Crippen LogP contribution in [0, 0.1) is 13.8 Å². The first-order valence-corrected chi connectivity index (χ1v) is 11.0. The van der Waals surface area contributed by atoms with Gasteiger partial charge in [-0.15, -0.1) is 11.3 Å². The molecule has 9 nitrogen and oxygen atoms in total. The summed E-state index contributed by atoms with van der Waals surface area (Å²) in [6.45, 7) is 5.73. The number of aryl methyl sites for hydroxylation is 2. The number of benzene rings is 1. The maximum atomic E-state index is 12.7. The van der Waals surface area contributed by atoms with Gasteiger partial charge in [-0.2, -0.15) is 0 Å². The van der Waals surface area contributed by atoms with Crippen molar-refractivity contribution in [2.45, 2.75) is 33.9 Å². The number of carbonyl (C=O) groups is 2. The number of amides is 2. The third-order valence-corrected chi connectivity index (χ3v) is 5.57. The molecule has 3 aromatic heterocycles. The Morgan fingerprint density at radius 1 is 1.18 bits per heavy atom. The molecule has 170 valence electrons. The molecule has 10 heteroatoms. The molecule has 0 aliphatic heterocycles. The number of nitrogens with one attached hydrogen (secondary N) is 2. The molecular formula is C23H22N4O5S. The van der Waals surface area contributed by atoms with Crippen LogP contribution in [0.4, 0.5) is 5.13 Å². The van der Waals surface area contributed by atoms with E-state index in [1.165, 1.54) is 18.3 Å². The number of hydrogen-bond acceptors (Lipinski definition) is 8. The van der Waals surface area contributed by atoms with Gasteiger partial charge in [-0.05, 0) is 44.2 Å². The maximum Gasteiger partial charge on any atom is 0.257 e. The molecule has 1 aromatic carbocycles. The summed E-state index contributed by atoms with van der Waals surface area (Å²) in [5, 5.41) is 11.6. The standard InChI is InChI=1S/C23H22N4O5S/c1-13-19(14(2)32-27-13)11-30-17-6-4-5-16(9-17)22(29)26-23-25-20(12-33-23)21-8-7-18(31-21)10-24-15(3)28/h4-9,12H,10-11H2,1-3H3,(H,24,28)(H,25,26,29). The van der Waals surface area contributed by atoms with E-state index in [9.17, 15) is 9.59 Å². The van der Waals surface area contributed by atoms with Crippen molar-refractivity contribution < 1.29 is 23.3 Å². The summed E-state index contributed by atoms with van der Waals surface area (Å²) in [6.07, 6.45) is 0. The number of ether oxygens (including phenoxy) is 1. The van der Waals surface area contributed by atoms with E-state index in [0.717, 1.165) is 11.3 Å². The van der Waals surface area contributed by atoms with Gasteiger partial charge < -0.3 is 19.0 Å². The van der Waals surface area contributed by atoms with Gasteiger partial charge in [0.15, 0.2) is 10.9 Å². The summed E-state index contributed by atoms with van der Waals surface area (Å²) < 4.78 is 16.7. The third-order valence-electron chi connectivity index (χ3n) is 4.81. The third kappa shape index (κ3) is 5.47. The highest BCUT2D eigenvalue weighted by atomic mass is 32.1. The Morgan fingerprint density at radius 3 is 2.79 bits per heavy atom. The van der Waals surface area contributed by atoms with Crippen molar-refractivity contribution in [3.05, 3.63) is 70.1 Å². The number of rotatable bonds is 8. The number of aromatic nitrogens is 2. The van der Waals surface area contributed by atoms with Gasteiger partial charge in [0.1, 0.15) is 29.6 Å². The zero-order valence-corrected chi connectivity index (χ0v) is 19.1. The summed E-state index contributed by atoms with van der Waals surface area (Å²) in [5.74, 6) is 2.01. The molecule has 0 saturated carbocycles. The predicted molar refractivity (Wildman–Crippen MR) is 122 cm³/mol. The van der Waals surface area contributed by atoms with E-state index >= 15 is 0 Å². The molecule has 33 heavy (non-hydrogen) atoms. The Balaban J connectivity index is 1.38. The second kappa shape index (κ2) is 9.70.